The SMILES string of the molecule is CCC(C)COC(=O)c1ccc(-c2ccc(OCCCCCCCCCCCOc3ccc(C=Nc4ccc(N=Cc5ccc(OCCCCCCCCCCCOc6ccc(-c7ccc(C(=O)OCC(C)CC)cc7)cc6)cc5)cc4)cc3)cc2)cc1. The molecular formula is C78H96N2O8. The van der Waals surface area contributed by atoms with Crippen LogP contribution in [0.2, 0.25) is 0 Å². The first-order valence-electron chi connectivity index (χ1n) is 32.9. The summed E-state index contributed by atoms with van der Waals surface area (Å²) >= 11 is 0. The van der Waals surface area contributed by atoms with Crippen LogP contribution in [0, 0.1) is 11.8 Å². The van der Waals surface area contributed by atoms with Crippen LogP contribution in [0.5, 0.6) is 23.0 Å². The van der Waals surface area contributed by atoms with E-state index in [1.165, 1.54) is 89.9 Å². The van der Waals surface area contributed by atoms with Crippen LogP contribution in [-0.2, 0) is 9.47 Å². The van der Waals surface area contributed by atoms with E-state index < -0.39 is 0 Å². The topological polar surface area (TPSA) is 114 Å². The number of carbonyl (C=O) groups is 2. The minimum Gasteiger partial charge on any atom is -0.494 e. The maximum Gasteiger partial charge on any atom is 0.338 e. The summed E-state index contributed by atoms with van der Waals surface area (Å²) in [6.07, 6.45) is 27.4. The van der Waals surface area contributed by atoms with Crippen molar-refractivity contribution in [2.45, 2.75) is 156 Å². The molecule has 0 N–H and O–H groups in total. The highest BCUT2D eigenvalue weighted by molar-refractivity contribution is 5.91. The number of ether oxygens (including phenoxy) is 6. The Hall–Kier alpha value is -7.98. The Morgan fingerprint density at radius 1 is 0.330 bits per heavy atom. The van der Waals surface area contributed by atoms with Crippen molar-refractivity contribution >= 4 is 35.7 Å². The van der Waals surface area contributed by atoms with Crippen molar-refractivity contribution in [2.75, 3.05) is 39.6 Å². The predicted octanol–water partition coefficient (Wildman–Crippen LogP) is 20.9. The summed E-state index contributed by atoms with van der Waals surface area (Å²) < 4.78 is 35.0. The zero-order valence-corrected chi connectivity index (χ0v) is 53.0. The van der Waals surface area contributed by atoms with Crippen molar-refractivity contribution in [1.82, 2.24) is 0 Å². The van der Waals surface area contributed by atoms with Gasteiger partial charge in [-0.05, 0) is 192 Å². The molecule has 0 radical (unpaired) electrons. The van der Waals surface area contributed by atoms with Crippen molar-refractivity contribution in [3.63, 3.8) is 0 Å². The Morgan fingerprint density at radius 2 is 0.568 bits per heavy atom. The molecule has 0 aliphatic heterocycles. The summed E-state index contributed by atoms with van der Waals surface area (Å²) in [6.45, 7) is 12.2. The molecule has 0 fully saturated rings. The van der Waals surface area contributed by atoms with E-state index in [4.69, 9.17) is 28.4 Å². The maximum absolute atomic E-state index is 12.3. The lowest BCUT2D eigenvalue weighted by Crippen LogP contribution is -2.11. The van der Waals surface area contributed by atoms with Crippen molar-refractivity contribution in [2.24, 2.45) is 21.8 Å². The van der Waals surface area contributed by atoms with E-state index in [1.807, 2.05) is 158 Å². The van der Waals surface area contributed by atoms with Gasteiger partial charge in [0.25, 0.3) is 0 Å². The Morgan fingerprint density at radius 3 is 0.830 bits per heavy atom. The summed E-state index contributed by atoms with van der Waals surface area (Å²) in [5, 5.41) is 0. The van der Waals surface area contributed by atoms with Crippen LogP contribution in [0.25, 0.3) is 22.3 Å². The molecule has 2 atom stereocenters. The molecule has 88 heavy (non-hydrogen) atoms. The van der Waals surface area contributed by atoms with Gasteiger partial charge in [0, 0.05) is 12.4 Å². The zero-order chi connectivity index (χ0) is 61.6. The summed E-state index contributed by atoms with van der Waals surface area (Å²) in [4.78, 5) is 34.0. The highest BCUT2D eigenvalue weighted by Crippen LogP contribution is 2.27. The number of carbonyl (C=O) groups excluding carboxylic acids is 2. The molecule has 0 saturated carbocycles. The van der Waals surface area contributed by atoms with Crippen LogP contribution in [0.1, 0.15) is 188 Å². The number of hydrogen-bond acceptors (Lipinski definition) is 10. The normalized spacial score (nSPS) is 12.0. The van der Waals surface area contributed by atoms with Gasteiger partial charge in [0.05, 0.1) is 62.1 Å². The lowest BCUT2D eigenvalue weighted by Gasteiger charge is -2.10. The van der Waals surface area contributed by atoms with Crippen LogP contribution in [0.3, 0.4) is 0 Å². The maximum atomic E-state index is 12.3. The summed E-state index contributed by atoms with van der Waals surface area (Å²) in [6, 6.07) is 55.8. The molecule has 0 aromatic heterocycles. The number of rotatable bonds is 42. The van der Waals surface area contributed by atoms with E-state index in [0.29, 0.717) is 36.2 Å². The van der Waals surface area contributed by atoms with E-state index in [0.717, 1.165) is 133 Å². The third kappa shape index (κ3) is 25.8. The third-order valence-electron chi connectivity index (χ3n) is 16.0. The Labute approximate surface area is 526 Å². The van der Waals surface area contributed by atoms with E-state index in [-0.39, 0.29) is 11.9 Å². The number of hydrogen-bond donors (Lipinski definition) is 0. The molecule has 2 unspecified atom stereocenters. The van der Waals surface area contributed by atoms with E-state index in [9.17, 15) is 9.59 Å². The van der Waals surface area contributed by atoms with Gasteiger partial charge in [-0.15, -0.1) is 0 Å². The van der Waals surface area contributed by atoms with Crippen molar-refractivity contribution in [1.29, 1.82) is 0 Å². The average molecular weight is 1190 g/mol. The van der Waals surface area contributed by atoms with Crippen LogP contribution >= 0.6 is 0 Å². The van der Waals surface area contributed by atoms with Gasteiger partial charge in [0.2, 0.25) is 0 Å². The highest BCUT2D eigenvalue weighted by Gasteiger charge is 2.12. The molecule has 7 aromatic carbocycles. The van der Waals surface area contributed by atoms with Crippen LogP contribution < -0.4 is 18.9 Å². The molecule has 10 nitrogen and oxygen atoms in total. The first kappa shape index (κ1) is 67.5. The third-order valence-corrected chi connectivity index (χ3v) is 16.0. The number of aliphatic imine (C=N–C) groups is 2. The molecule has 7 aromatic rings. The van der Waals surface area contributed by atoms with Crippen LogP contribution in [0.4, 0.5) is 11.4 Å². The smallest absolute Gasteiger partial charge is 0.338 e. The molecule has 0 heterocycles. The van der Waals surface area contributed by atoms with Crippen molar-refractivity contribution in [3.05, 3.63) is 192 Å². The standard InChI is InChI=1S/C78H96N2O8/c1-5-61(3)59-87-77(81)69-33-29-65(30-34-69)67-37-49-75(50-38-67)85-55-23-19-15-11-7-9-13-17-21-53-83-73-45-25-63(26-46-73)57-79-71-41-43-72(44-42-71)80-58-64-27-47-74(48-28-64)84-54-22-18-14-10-8-12-16-20-24-56-86-76-51-39-68(40-52-76)66-31-35-70(36-32-66)78(82)88-60-62(4)6-2/h25-52,57-58,61-62H,5-24,53-56,59-60H2,1-4H3. The fourth-order valence-corrected chi connectivity index (χ4v) is 9.79. The van der Waals surface area contributed by atoms with Crippen molar-refractivity contribution < 1.29 is 38.0 Å². The summed E-state index contributed by atoms with van der Waals surface area (Å²) in [5.41, 5.74) is 9.25. The van der Waals surface area contributed by atoms with Crippen LogP contribution in [-0.4, -0.2) is 64.0 Å². The number of benzene rings is 7. The quantitative estimate of drug-likeness (QED) is 0.0211. The Kier molecular flexibility index (Phi) is 30.5. The summed E-state index contributed by atoms with van der Waals surface area (Å²) in [7, 11) is 0. The number of unbranched alkanes of at least 4 members (excludes halogenated alkanes) is 16. The fourth-order valence-electron chi connectivity index (χ4n) is 9.79. The number of esters is 2. The molecule has 0 amide bonds. The Bertz CT molecular complexity index is 2870. The first-order valence-corrected chi connectivity index (χ1v) is 32.9. The number of nitrogens with zero attached hydrogens (tertiary/aromatic N) is 2. The van der Waals surface area contributed by atoms with Crippen molar-refractivity contribution in [3.8, 4) is 45.3 Å². The minimum atomic E-state index is -0.267. The monoisotopic (exact) mass is 1190 g/mol. The fraction of sp³-hybridized carbons (Fsp3) is 0.410. The largest absolute Gasteiger partial charge is 0.494 e. The lowest BCUT2D eigenvalue weighted by molar-refractivity contribution is 0.0438. The highest BCUT2D eigenvalue weighted by atomic mass is 16.5. The van der Waals surface area contributed by atoms with Gasteiger partial charge in [0.15, 0.2) is 0 Å². The van der Waals surface area contributed by atoms with Gasteiger partial charge in [-0.1, -0.05) is 179 Å². The molecule has 0 spiro atoms. The first-order chi connectivity index (χ1) is 43.2. The van der Waals surface area contributed by atoms with E-state index >= 15 is 0 Å². The van der Waals surface area contributed by atoms with Gasteiger partial charge in [-0.25, -0.2) is 9.59 Å². The van der Waals surface area contributed by atoms with Gasteiger partial charge in [-0.2, -0.15) is 0 Å². The lowest BCUT2D eigenvalue weighted by atomic mass is 10.0. The van der Waals surface area contributed by atoms with Gasteiger partial charge < -0.3 is 28.4 Å². The van der Waals surface area contributed by atoms with E-state index in [1.54, 1.807) is 0 Å². The van der Waals surface area contributed by atoms with Gasteiger partial charge in [0.1, 0.15) is 23.0 Å². The van der Waals surface area contributed by atoms with E-state index in [2.05, 4.69) is 61.9 Å². The second kappa shape index (κ2) is 39.7. The van der Waals surface area contributed by atoms with Gasteiger partial charge >= 0.3 is 11.9 Å². The average Bonchev–Trinajstić information content (AvgIpc) is 3.64. The Balaban J connectivity index is 0.632. The molecule has 10 heteroatoms. The molecule has 0 aliphatic carbocycles. The minimum absolute atomic E-state index is 0.267. The zero-order valence-electron chi connectivity index (χ0n) is 53.0. The molecule has 7 rings (SSSR count). The predicted molar refractivity (Wildman–Crippen MR) is 362 cm³/mol. The van der Waals surface area contributed by atoms with Crippen LogP contribution in [0.15, 0.2) is 180 Å². The van der Waals surface area contributed by atoms with Gasteiger partial charge in [-0.3, -0.25) is 9.98 Å². The molecular weight excluding hydrogens is 1090 g/mol. The second-order valence-electron chi connectivity index (χ2n) is 23.4. The molecule has 0 saturated heterocycles. The molecule has 0 bridgehead atoms. The second-order valence-corrected chi connectivity index (χ2v) is 23.4. The summed E-state index contributed by atoms with van der Waals surface area (Å²) in [5.74, 6) is 3.75. The molecule has 466 valence electrons. The molecule has 0 aliphatic rings.